The number of carbonyl (C=O) groups is 5. The van der Waals surface area contributed by atoms with Crippen LogP contribution in [0.5, 0.6) is 0 Å². The first-order chi connectivity index (χ1) is 16.0. The summed E-state index contributed by atoms with van der Waals surface area (Å²) in [6.45, 7) is 1.25. The largest absolute Gasteiger partial charge is 0.480 e. The number of nitrogens with one attached hydrogen (secondary N) is 4. The highest BCUT2D eigenvalue weighted by Gasteiger charge is 2.30. The number of nitrogens with two attached hydrogens (primary N) is 2. The average molecular weight is 493 g/mol. The fraction of sp³-hybridized carbons (Fsp3) is 0.381. The first-order valence-electron chi connectivity index (χ1n) is 10.4. The number of H-pyrrole nitrogens is 1. The minimum absolute atomic E-state index is 0.162. The van der Waals surface area contributed by atoms with Crippen LogP contribution < -0.4 is 27.4 Å². The Bertz CT molecular complexity index is 1070. The molecule has 9 N–H and O–H groups in total. The quantitative estimate of drug-likeness (QED) is 0.163. The third-order valence-corrected chi connectivity index (χ3v) is 5.40. The number of para-hydroxylation sites is 1. The van der Waals surface area contributed by atoms with E-state index in [1.165, 1.54) is 6.92 Å². The van der Waals surface area contributed by atoms with Crippen molar-refractivity contribution in [3.63, 3.8) is 0 Å². The van der Waals surface area contributed by atoms with Gasteiger partial charge in [-0.1, -0.05) is 18.2 Å². The molecule has 2 rings (SSSR count). The molecular weight excluding hydrogens is 464 g/mol. The van der Waals surface area contributed by atoms with Crippen LogP contribution in [0, 0.1) is 0 Å². The van der Waals surface area contributed by atoms with Crippen molar-refractivity contribution in [2.45, 2.75) is 43.9 Å². The number of carbonyl (C=O) groups excluding carboxylic acids is 4. The van der Waals surface area contributed by atoms with Crippen molar-refractivity contribution < 1.29 is 29.1 Å². The van der Waals surface area contributed by atoms with Crippen LogP contribution in [0.4, 0.5) is 0 Å². The van der Waals surface area contributed by atoms with Gasteiger partial charge in [0, 0.05) is 22.9 Å². The Kier molecular flexibility index (Phi) is 9.45. The van der Waals surface area contributed by atoms with Gasteiger partial charge in [0.05, 0.1) is 12.5 Å². The molecule has 0 aliphatic carbocycles. The number of benzene rings is 1. The van der Waals surface area contributed by atoms with Crippen LogP contribution in [0.15, 0.2) is 30.5 Å². The summed E-state index contributed by atoms with van der Waals surface area (Å²) in [7, 11) is 0. The number of hydrogen-bond donors (Lipinski definition) is 8. The summed E-state index contributed by atoms with van der Waals surface area (Å²) < 4.78 is 0. The van der Waals surface area contributed by atoms with Crippen molar-refractivity contribution in [1.29, 1.82) is 0 Å². The van der Waals surface area contributed by atoms with Gasteiger partial charge in [-0.3, -0.25) is 24.0 Å². The maximum Gasteiger partial charge on any atom is 0.325 e. The van der Waals surface area contributed by atoms with Gasteiger partial charge >= 0.3 is 5.97 Å². The number of aromatic nitrogens is 1. The lowest BCUT2D eigenvalue weighted by atomic mass is 10.0. The zero-order valence-electron chi connectivity index (χ0n) is 18.4. The highest BCUT2D eigenvalue weighted by Crippen LogP contribution is 2.18. The van der Waals surface area contributed by atoms with Crippen LogP contribution in [0.1, 0.15) is 18.9 Å². The molecule has 4 unspecified atom stereocenters. The van der Waals surface area contributed by atoms with Crippen molar-refractivity contribution in [1.82, 2.24) is 20.9 Å². The summed E-state index contributed by atoms with van der Waals surface area (Å²) in [5.74, 6) is -4.65. The minimum Gasteiger partial charge on any atom is -0.480 e. The molecule has 1 aromatic heterocycles. The first-order valence-corrected chi connectivity index (χ1v) is 11.0. The van der Waals surface area contributed by atoms with E-state index < -0.39 is 60.2 Å². The van der Waals surface area contributed by atoms with Crippen LogP contribution in [0.25, 0.3) is 10.9 Å². The summed E-state index contributed by atoms with van der Waals surface area (Å²) in [5, 5.41) is 16.8. The van der Waals surface area contributed by atoms with E-state index in [0.29, 0.717) is 0 Å². The van der Waals surface area contributed by atoms with E-state index in [1.54, 1.807) is 6.20 Å². The summed E-state index contributed by atoms with van der Waals surface area (Å²) in [5.41, 5.74) is 12.9. The standard InChI is InChI=1S/C21H28N6O6S/c1-10(21(32)33)25-20(31)16(9-34)27-19(30)15(7-17(23)28)26-18(29)13(22)6-11-8-24-14-5-3-2-4-12(11)14/h2-5,8,10,13,15-16,24,34H,6-7,9,22H2,1H3,(H2,23,28)(H,25,31)(H,26,29)(H,27,30)(H,32,33). The molecule has 0 saturated heterocycles. The topological polar surface area (TPSA) is 209 Å². The summed E-state index contributed by atoms with van der Waals surface area (Å²) in [4.78, 5) is 63.1. The van der Waals surface area contributed by atoms with Crippen LogP contribution >= 0.6 is 12.6 Å². The summed E-state index contributed by atoms with van der Waals surface area (Å²) in [6, 6.07) is 2.62. The molecule has 12 nitrogen and oxygen atoms in total. The number of aliphatic carboxylic acids is 1. The Labute approximate surface area is 200 Å². The SMILES string of the molecule is CC(NC(=O)C(CS)NC(=O)C(CC(N)=O)NC(=O)C(N)Cc1c[nH]c2ccccc12)C(=O)O. The normalized spacial score (nSPS) is 14.4. The maximum absolute atomic E-state index is 12.7. The lowest BCUT2D eigenvalue weighted by Gasteiger charge is -2.23. The van der Waals surface area contributed by atoms with Gasteiger partial charge in [0.25, 0.3) is 0 Å². The molecule has 4 amide bonds. The predicted octanol–water partition coefficient (Wildman–Crippen LogP) is -1.60. The third-order valence-electron chi connectivity index (χ3n) is 5.03. The highest BCUT2D eigenvalue weighted by atomic mass is 32.1. The fourth-order valence-corrected chi connectivity index (χ4v) is 3.42. The molecule has 0 fully saturated rings. The van der Waals surface area contributed by atoms with Crippen molar-refractivity contribution in [2.75, 3.05) is 5.75 Å². The average Bonchev–Trinajstić information content (AvgIpc) is 3.18. The second-order valence-electron chi connectivity index (χ2n) is 7.71. The van der Waals surface area contributed by atoms with E-state index >= 15 is 0 Å². The molecular formula is C21H28N6O6S. The van der Waals surface area contributed by atoms with E-state index in [0.717, 1.165) is 16.5 Å². The Morgan fingerprint density at radius 1 is 1.03 bits per heavy atom. The van der Waals surface area contributed by atoms with E-state index in [4.69, 9.17) is 16.6 Å². The van der Waals surface area contributed by atoms with Gasteiger partial charge in [-0.25, -0.2) is 0 Å². The van der Waals surface area contributed by atoms with Gasteiger partial charge < -0.3 is 37.5 Å². The monoisotopic (exact) mass is 492 g/mol. The summed E-state index contributed by atoms with van der Waals surface area (Å²) in [6.07, 6.45) is 1.36. The van der Waals surface area contributed by atoms with Gasteiger partial charge in [-0.2, -0.15) is 12.6 Å². The van der Waals surface area contributed by atoms with E-state index in [-0.39, 0.29) is 12.2 Å². The van der Waals surface area contributed by atoms with E-state index in [1.807, 2.05) is 24.3 Å². The molecule has 13 heteroatoms. The Hall–Kier alpha value is -3.58. The second kappa shape index (κ2) is 12.0. The number of carboxylic acid groups (broad SMARTS) is 1. The van der Waals surface area contributed by atoms with Crippen molar-refractivity contribution in [3.05, 3.63) is 36.0 Å². The lowest BCUT2D eigenvalue weighted by molar-refractivity contribution is -0.141. The van der Waals surface area contributed by atoms with Gasteiger partial charge in [-0.15, -0.1) is 0 Å². The molecule has 0 aliphatic rings. The number of amides is 4. The van der Waals surface area contributed by atoms with Gasteiger partial charge in [0.15, 0.2) is 0 Å². The molecule has 184 valence electrons. The third kappa shape index (κ3) is 7.22. The molecule has 0 radical (unpaired) electrons. The van der Waals surface area contributed by atoms with Crippen molar-refractivity contribution in [3.8, 4) is 0 Å². The zero-order valence-corrected chi connectivity index (χ0v) is 19.3. The zero-order chi connectivity index (χ0) is 25.4. The molecule has 0 aliphatic heterocycles. The number of carboxylic acids is 1. The number of fused-ring (bicyclic) bond motifs is 1. The first kappa shape index (κ1) is 26.7. The van der Waals surface area contributed by atoms with Crippen LogP contribution in [0.2, 0.25) is 0 Å². The number of primary amides is 1. The van der Waals surface area contributed by atoms with E-state index in [2.05, 4.69) is 33.6 Å². The number of aromatic amines is 1. The van der Waals surface area contributed by atoms with Crippen LogP contribution in [-0.4, -0.2) is 69.6 Å². The smallest absolute Gasteiger partial charge is 0.325 e. The molecule has 4 atom stereocenters. The molecule has 2 aromatic rings. The van der Waals surface area contributed by atoms with Crippen molar-refractivity contribution >= 4 is 53.1 Å². The van der Waals surface area contributed by atoms with Crippen LogP contribution in [0.3, 0.4) is 0 Å². The van der Waals surface area contributed by atoms with Gasteiger partial charge in [0.2, 0.25) is 23.6 Å². The lowest BCUT2D eigenvalue weighted by Crippen LogP contribution is -2.58. The molecule has 1 heterocycles. The Morgan fingerprint density at radius 2 is 1.65 bits per heavy atom. The van der Waals surface area contributed by atoms with Gasteiger partial charge in [0.1, 0.15) is 18.1 Å². The Morgan fingerprint density at radius 3 is 2.26 bits per heavy atom. The highest BCUT2D eigenvalue weighted by molar-refractivity contribution is 7.80. The minimum atomic E-state index is -1.40. The van der Waals surface area contributed by atoms with Gasteiger partial charge in [-0.05, 0) is 25.0 Å². The number of thiol groups is 1. The van der Waals surface area contributed by atoms with Crippen molar-refractivity contribution in [2.24, 2.45) is 11.5 Å². The number of hydrogen-bond acceptors (Lipinski definition) is 7. The molecule has 34 heavy (non-hydrogen) atoms. The summed E-state index contributed by atoms with van der Waals surface area (Å²) >= 11 is 4.00. The van der Waals surface area contributed by atoms with Crippen LogP contribution in [-0.2, 0) is 30.4 Å². The predicted molar refractivity (Wildman–Crippen MR) is 127 cm³/mol. The molecule has 1 aromatic carbocycles. The maximum atomic E-state index is 12.7. The molecule has 0 saturated carbocycles. The van der Waals surface area contributed by atoms with E-state index in [9.17, 15) is 24.0 Å². The number of rotatable bonds is 12. The molecule has 0 spiro atoms. The Balaban J connectivity index is 2.06. The molecule has 0 bridgehead atoms. The second-order valence-corrected chi connectivity index (χ2v) is 8.08. The fourth-order valence-electron chi connectivity index (χ4n) is 3.16.